The zero-order valence-corrected chi connectivity index (χ0v) is 12.6. The number of hydrogen-bond acceptors (Lipinski definition) is 5. The lowest BCUT2D eigenvalue weighted by molar-refractivity contribution is 0.167. The molecule has 106 valence electrons. The number of nitrogens with zero attached hydrogens (tertiary/aromatic N) is 5. The summed E-state index contributed by atoms with van der Waals surface area (Å²) in [5.74, 6) is 1.73. The van der Waals surface area contributed by atoms with E-state index in [0.717, 1.165) is 34.8 Å². The second-order valence-corrected chi connectivity index (χ2v) is 5.83. The first-order valence-electron chi connectivity index (χ1n) is 6.61. The number of aromatic nitrogens is 4. The average Bonchev–Trinajstić information content (AvgIpc) is 2.91. The summed E-state index contributed by atoms with van der Waals surface area (Å²) in [6.45, 7) is 1.60. The molecule has 0 aliphatic carbocycles. The Labute approximate surface area is 129 Å². The van der Waals surface area contributed by atoms with Gasteiger partial charge < -0.3 is 9.64 Å². The van der Waals surface area contributed by atoms with Crippen molar-refractivity contribution in [3.05, 3.63) is 47.5 Å². The zero-order valence-electron chi connectivity index (χ0n) is 11.1. The summed E-state index contributed by atoms with van der Waals surface area (Å²) in [5.41, 5.74) is 0.776. The first-order valence-corrected chi connectivity index (χ1v) is 7.40. The van der Waals surface area contributed by atoms with Crippen LogP contribution in [0.2, 0.25) is 0 Å². The summed E-state index contributed by atoms with van der Waals surface area (Å²) in [7, 11) is 0. The molecule has 4 rings (SSSR count). The van der Waals surface area contributed by atoms with E-state index < -0.39 is 0 Å². The largest absolute Gasteiger partial charge is 0.487 e. The zero-order chi connectivity index (χ0) is 14.2. The SMILES string of the molecule is Brc1cccc(OC2CN(c3nccn4cnnc34)C2)c1. The third-order valence-corrected chi connectivity index (χ3v) is 3.94. The van der Waals surface area contributed by atoms with Gasteiger partial charge >= 0.3 is 0 Å². The Morgan fingerprint density at radius 3 is 3.05 bits per heavy atom. The summed E-state index contributed by atoms with van der Waals surface area (Å²) in [6.07, 6.45) is 5.45. The molecule has 2 aromatic heterocycles. The molecule has 0 unspecified atom stereocenters. The van der Waals surface area contributed by atoms with E-state index >= 15 is 0 Å². The molecule has 0 radical (unpaired) electrons. The summed E-state index contributed by atoms with van der Waals surface area (Å²) in [5, 5.41) is 8.01. The molecule has 3 heterocycles. The van der Waals surface area contributed by atoms with E-state index in [4.69, 9.17) is 4.74 Å². The minimum Gasteiger partial charge on any atom is -0.487 e. The van der Waals surface area contributed by atoms with Crippen molar-refractivity contribution in [2.24, 2.45) is 0 Å². The predicted octanol–water partition coefficient (Wildman–Crippen LogP) is 2.15. The van der Waals surface area contributed by atoms with Gasteiger partial charge in [-0.15, -0.1) is 10.2 Å². The summed E-state index contributed by atoms with van der Waals surface area (Å²) < 4.78 is 8.82. The maximum Gasteiger partial charge on any atom is 0.203 e. The van der Waals surface area contributed by atoms with E-state index in [0.29, 0.717) is 0 Å². The Hall–Kier alpha value is -2.15. The van der Waals surface area contributed by atoms with Crippen molar-refractivity contribution in [3.8, 4) is 5.75 Å². The highest BCUT2D eigenvalue weighted by molar-refractivity contribution is 9.10. The molecule has 1 saturated heterocycles. The van der Waals surface area contributed by atoms with Gasteiger partial charge in [-0.3, -0.25) is 4.40 Å². The predicted molar refractivity (Wildman–Crippen MR) is 81.6 cm³/mol. The molecule has 0 saturated carbocycles. The third-order valence-electron chi connectivity index (χ3n) is 3.44. The van der Waals surface area contributed by atoms with E-state index in [1.165, 1.54) is 0 Å². The molecule has 1 fully saturated rings. The molecule has 6 nitrogen and oxygen atoms in total. The van der Waals surface area contributed by atoms with Crippen molar-refractivity contribution in [2.45, 2.75) is 6.10 Å². The van der Waals surface area contributed by atoms with Crippen LogP contribution in [0.4, 0.5) is 5.82 Å². The van der Waals surface area contributed by atoms with E-state index in [1.54, 1.807) is 12.5 Å². The number of fused-ring (bicyclic) bond motifs is 1. The first-order chi connectivity index (χ1) is 10.3. The molecule has 1 aliphatic rings. The lowest BCUT2D eigenvalue weighted by atomic mass is 10.1. The standard InChI is InChI=1S/C14H12BrN5O/c15-10-2-1-3-11(6-10)21-12-7-20(8-12)13-14-18-17-9-19(14)5-4-16-13/h1-6,9,12H,7-8H2. The van der Waals surface area contributed by atoms with Crippen LogP contribution in [0.1, 0.15) is 0 Å². The van der Waals surface area contributed by atoms with Crippen molar-refractivity contribution in [1.82, 2.24) is 19.6 Å². The summed E-state index contributed by atoms with van der Waals surface area (Å²) in [4.78, 5) is 6.54. The number of hydrogen-bond donors (Lipinski definition) is 0. The maximum atomic E-state index is 5.93. The smallest absolute Gasteiger partial charge is 0.203 e. The topological polar surface area (TPSA) is 55.5 Å². The van der Waals surface area contributed by atoms with Crippen molar-refractivity contribution in [1.29, 1.82) is 0 Å². The number of halogens is 1. The van der Waals surface area contributed by atoms with Crippen molar-refractivity contribution in [3.63, 3.8) is 0 Å². The van der Waals surface area contributed by atoms with E-state index in [2.05, 4.69) is 36.0 Å². The fourth-order valence-corrected chi connectivity index (χ4v) is 2.76. The quantitative estimate of drug-likeness (QED) is 0.728. The number of ether oxygens (including phenoxy) is 1. The van der Waals surface area contributed by atoms with Crippen molar-refractivity contribution in [2.75, 3.05) is 18.0 Å². The third kappa shape index (κ3) is 2.33. The van der Waals surface area contributed by atoms with Crippen LogP contribution in [0.25, 0.3) is 5.65 Å². The molecular formula is C14H12BrN5O. The van der Waals surface area contributed by atoms with Gasteiger partial charge in [0, 0.05) is 16.9 Å². The Morgan fingerprint density at radius 1 is 1.29 bits per heavy atom. The second-order valence-electron chi connectivity index (χ2n) is 4.91. The maximum absolute atomic E-state index is 5.93. The molecule has 3 aromatic rings. The highest BCUT2D eigenvalue weighted by Crippen LogP contribution is 2.26. The molecule has 0 amide bonds. The number of rotatable bonds is 3. The number of benzene rings is 1. The summed E-state index contributed by atoms with van der Waals surface area (Å²) in [6, 6.07) is 7.88. The first kappa shape index (κ1) is 12.6. The van der Waals surface area contributed by atoms with Crippen LogP contribution in [0.5, 0.6) is 5.75 Å². The Bertz CT molecular complexity index is 784. The monoisotopic (exact) mass is 345 g/mol. The minimum absolute atomic E-state index is 0.171. The van der Waals surface area contributed by atoms with Gasteiger partial charge in [0.2, 0.25) is 5.65 Å². The van der Waals surface area contributed by atoms with Gasteiger partial charge in [-0.1, -0.05) is 22.0 Å². The Balaban J connectivity index is 1.46. The second kappa shape index (κ2) is 5.00. The highest BCUT2D eigenvalue weighted by Gasteiger charge is 2.31. The Morgan fingerprint density at radius 2 is 2.19 bits per heavy atom. The molecule has 0 spiro atoms. The van der Waals surface area contributed by atoms with E-state index in [1.807, 2.05) is 34.9 Å². The fourth-order valence-electron chi connectivity index (χ4n) is 2.39. The molecular weight excluding hydrogens is 334 g/mol. The average molecular weight is 346 g/mol. The van der Waals surface area contributed by atoms with E-state index in [-0.39, 0.29) is 6.10 Å². The molecule has 0 atom stereocenters. The molecule has 7 heteroatoms. The van der Waals surface area contributed by atoms with Crippen LogP contribution >= 0.6 is 15.9 Å². The van der Waals surface area contributed by atoms with Gasteiger partial charge in [-0.2, -0.15) is 0 Å². The van der Waals surface area contributed by atoms with Crippen molar-refractivity contribution >= 4 is 27.4 Å². The van der Waals surface area contributed by atoms with Crippen LogP contribution in [0.3, 0.4) is 0 Å². The normalized spacial score (nSPS) is 15.2. The van der Waals surface area contributed by atoms with Crippen LogP contribution in [-0.4, -0.2) is 38.8 Å². The van der Waals surface area contributed by atoms with Gasteiger partial charge in [-0.05, 0) is 18.2 Å². The Kier molecular flexibility index (Phi) is 2.99. The van der Waals surface area contributed by atoms with Gasteiger partial charge in [0.15, 0.2) is 5.82 Å². The summed E-state index contributed by atoms with van der Waals surface area (Å²) >= 11 is 3.44. The highest BCUT2D eigenvalue weighted by atomic mass is 79.9. The van der Waals surface area contributed by atoms with Crippen LogP contribution in [0.15, 0.2) is 47.5 Å². The van der Waals surface area contributed by atoms with Crippen LogP contribution in [-0.2, 0) is 0 Å². The molecule has 1 aromatic carbocycles. The lowest BCUT2D eigenvalue weighted by Crippen LogP contribution is -2.54. The van der Waals surface area contributed by atoms with E-state index in [9.17, 15) is 0 Å². The lowest BCUT2D eigenvalue weighted by Gasteiger charge is -2.39. The fraction of sp³-hybridized carbons (Fsp3) is 0.214. The van der Waals surface area contributed by atoms with Gasteiger partial charge in [-0.25, -0.2) is 4.98 Å². The van der Waals surface area contributed by atoms with Crippen molar-refractivity contribution < 1.29 is 4.74 Å². The molecule has 21 heavy (non-hydrogen) atoms. The number of anilines is 1. The van der Waals surface area contributed by atoms with Crippen LogP contribution in [0, 0.1) is 0 Å². The van der Waals surface area contributed by atoms with Gasteiger partial charge in [0.1, 0.15) is 18.2 Å². The van der Waals surface area contributed by atoms with Gasteiger partial charge in [0.25, 0.3) is 0 Å². The van der Waals surface area contributed by atoms with Gasteiger partial charge in [0.05, 0.1) is 13.1 Å². The van der Waals surface area contributed by atoms with Crippen LogP contribution < -0.4 is 9.64 Å². The molecule has 1 aliphatic heterocycles. The minimum atomic E-state index is 0.171. The molecule has 0 bridgehead atoms. The molecule has 0 N–H and O–H groups in total.